The third-order valence-corrected chi connectivity index (χ3v) is 6.58. The number of amides is 1. The summed E-state index contributed by atoms with van der Waals surface area (Å²) in [5, 5.41) is 0. The molecule has 0 saturated carbocycles. The first-order valence-electron chi connectivity index (χ1n) is 8.24. The van der Waals surface area contributed by atoms with Crippen molar-refractivity contribution in [1.29, 1.82) is 0 Å². The van der Waals surface area contributed by atoms with Gasteiger partial charge in [-0.15, -0.1) is 6.58 Å². The Morgan fingerprint density at radius 2 is 2.00 bits per heavy atom. The molecule has 1 aromatic rings. The number of hydrogen-bond donors (Lipinski definition) is 0. The standard InChI is InChI=1S/C18H23NO3S/c1-2-10-19(17-9-11-23(21,22)13-17)18(20)16-8-7-14-5-3-4-6-15(14)12-16/h2,7-8,12,17H,1,3-6,9-11,13H2/t17-/m1/s1. The molecule has 0 aromatic heterocycles. The van der Waals surface area contributed by atoms with Crippen LogP contribution in [0.15, 0.2) is 30.9 Å². The lowest BCUT2D eigenvalue weighted by atomic mass is 9.90. The van der Waals surface area contributed by atoms with Gasteiger partial charge in [-0.1, -0.05) is 12.1 Å². The fourth-order valence-corrected chi connectivity index (χ4v) is 5.32. The number of hydrogen-bond acceptors (Lipinski definition) is 3. The minimum Gasteiger partial charge on any atom is -0.331 e. The van der Waals surface area contributed by atoms with Crippen LogP contribution in [0.4, 0.5) is 0 Å². The molecular formula is C18H23NO3S. The number of benzene rings is 1. The van der Waals surface area contributed by atoms with Gasteiger partial charge in [-0.3, -0.25) is 4.79 Å². The number of rotatable bonds is 4. The molecule has 1 aliphatic heterocycles. The van der Waals surface area contributed by atoms with E-state index in [9.17, 15) is 13.2 Å². The van der Waals surface area contributed by atoms with E-state index < -0.39 is 9.84 Å². The number of carbonyl (C=O) groups excluding carboxylic acids is 1. The average molecular weight is 333 g/mol. The molecule has 0 bridgehead atoms. The van der Waals surface area contributed by atoms with Crippen molar-refractivity contribution < 1.29 is 13.2 Å². The highest BCUT2D eigenvalue weighted by Crippen LogP contribution is 2.25. The van der Waals surface area contributed by atoms with Gasteiger partial charge < -0.3 is 4.90 Å². The normalized spacial score (nSPS) is 22.3. The van der Waals surface area contributed by atoms with Gasteiger partial charge >= 0.3 is 0 Å². The van der Waals surface area contributed by atoms with Crippen molar-refractivity contribution in [3.05, 3.63) is 47.5 Å². The molecular weight excluding hydrogens is 310 g/mol. The zero-order valence-electron chi connectivity index (χ0n) is 13.3. The van der Waals surface area contributed by atoms with Crippen molar-refractivity contribution in [3.8, 4) is 0 Å². The van der Waals surface area contributed by atoms with Crippen molar-refractivity contribution in [2.24, 2.45) is 0 Å². The summed E-state index contributed by atoms with van der Waals surface area (Å²) in [5.74, 6) is 0.153. The van der Waals surface area contributed by atoms with Crippen LogP contribution in [0, 0.1) is 0 Å². The van der Waals surface area contributed by atoms with Crippen LogP contribution in [0.3, 0.4) is 0 Å². The number of aryl methyl sites for hydroxylation is 2. The van der Waals surface area contributed by atoms with Crippen LogP contribution in [-0.4, -0.2) is 43.3 Å². The van der Waals surface area contributed by atoms with Crippen LogP contribution in [-0.2, 0) is 22.7 Å². The fourth-order valence-electron chi connectivity index (χ4n) is 3.59. The smallest absolute Gasteiger partial charge is 0.254 e. The van der Waals surface area contributed by atoms with Crippen LogP contribution in [0.1, 0.15) is 40.7 Å². The maximum absolute atomic E-state index is 12.9. The van der Waals surface area contributed by atoms with E-state index in [1.165, 1.54) is 24.0 Å². The summed E-state index contributed by atoms with van der Waals surface area (Å²) in [6.07, 6.45) is 6.68. The lowest BCUT2D eigenvalue weighted by Gasteiger charge is -2.27. The minimum atomic E-state index is -3.02. The minimum absolute atomic E-state index is 0.0670. The van der Waals surface area contributed by atoms with Gasteiger partial charge in [-0.25, -0.2) is 8.42 Å². The predicted molar refractivity (Wildman–Crippen MR) is 91.4 cm³/mol. The van der Waals surface area contributed by atoms with Gasteiger partial charge in [0, 0.05) is 18.2 Å². The summed E-state index contributed by atoms with van der Waals surface area (Å²) < 4.78 is 23.5. The molecule has 0 radical (unpaired) electrons. The lowest BCUT2D eigenvalue weighted by molar-refractivity contribution is 0.0720. The fraction of sp³-hybridized carbons (Fsp3) is 0.500. The molecule has 5 heteroatoms. The molecule has 0 spiro atoms. The van der Waals surface area contributed by atoms with Crippen molar-refractivity contribution in [3.63, 3.8) is 0 Å². The molecule has 3 rings (SSSR count). The summed E-state index contributed by atoms with van der Waals surface area (Å²) in [6, 6.07) is 5.70. The number of sulfone groups is 1. The molecule has 1 heterocycles. The molecule has 4 nitrogen and oxygen atoms in total. The highest BCUT2D eigenvalue weighted by atomic mass is 32.2. The third kappa shape index (κ3) is 3.50. The topological polar surface area (TPSA) is 54.5 Å². The van der Waals surface area contributed by atoms with Crippen molar-refractivity contribution in [2.45, 2.75) is 38.1 Å². The van der Waals surface area contributed by atoms with E-state index >= 15 is 0 Å². The number of nitrogens with zero attached hydrogens (tertiary/aromatic N) is 1. The van der Waals surface area contributed by atoms with Crippen molar-refractivity contribution in [1.82, 2.24) is 4.90 Å². The molecule has 1 amide bonds. The molecule has 1 saturated heterocycles. The monoisotopic (exact) mass is 333 g/mol. The van der Waals surface area contributed by atoms with E-state index in [2.05, 4.69) is 12.6 Å². The first kappa shape index (κ1) is 16.2. The van der Waals surface area contributed by atoms with Crippen LogP contribution in [0.2, 0.25) is 0 Å². The van der Waals surface area contributed by atoms with Gasteiger partial charge in [0.1, 0.15) is 0 Å². The van der Waals surface area contributed by atoms with E-state index in [1.807, 2.05) is 12.1 Å². The Labute approximate surface area is 138 Å². The van der Waals surface area contributed by atoms with Crippen LogP contribution in [0.5, 0.6) is 0 Å². The molecule has 23 heavy (non-hydrogen) atoms. The second-order valence-corrected chi connectivity index (χ2v) is 8.72. The van der Waals surface area contributed by atoms with E-state index in [-0.39, 0.29) is 23.5 Å². The van der Waals surface area contributed by atoms with Crippen LogP contribution < -0.4 is 0 Å². The quantitative estimate of drug-likeness (QED) is 0.795. The van der Waals surface area contributed by atoms with Gasteiger partial charge in [0.25, 0.3) is 5.91 Å². The first-order chi connectivity index (χ1) is 11.0. The molecule has 1 aromatic carbocycles. The van der Waals surface area contributed by atoms with E-state index in [0.29, 0.717) is 18.5 Å². The summed E-state index contributed by atoms with van der Waals surface area (Å²) >= 11 is 0. The van der Waals surface area contributed by atoms with E-state index in [0.717, 1.165) is 12.8 Å². The molecule has 0 unspecified atom stereocenters. The second-order valence-electron chi connectivity index (χ2n) is 6.49. The zero-order valence-corrected chi connectivity index (χ0v) is 14.1. The Hall–Kier alpha value is -1.62. The molecule has 1 atom stereocenters. The highest BCUT2D eigenvalue weighted by Gasteiger charge is 2.34. The largest absolute Gasteiger partial charge is 0.331 e. The Morgan fingerprint density at radius 3 is 2.65 bits per heavy atom. The average Bonchev–Trinajstić information content (AvgIpc) is 2.91. The SMILES string of the molecule is C=CCN(C(=O)c1ccc2c(c1)CCCC2)[C@@H]1CCS(=O)(=O)C1. The van der Waals surface area contributed by atoms with Crippen molar-refractivity contribution >= 4 is 15.7 Å². The summed E-state index contributed by atoms with van der Waals surface area (Å²) in [7, 11) is -3.02. The van der Waals surface area contributed by atoms with Gasteiger partial charge in [0.05, 0.1) is 11.5 Å². The predicted octanol–water partition coefficient (Wildman–Crippen LogP) is 2.38. The highest BCUT2D eigenvalue weighted by molar-refractivity contribution is 7.91. The van der Waals surface area contributed by atoms with Gasteiger partial charge in [-0.05, 0) is 55.4 Å². The van der Waals surface area contributed by atoms with E-state index in [4.69, 9.17) is 0 Å². The maximum atomic E-state index is 12.9. The zero-order chi connectivity index (χ0) is 16.4. The van der Waals surface area contributed by atoms with E-state index in [1.54, 1.807) is 11.0 Å². The molecule has 2 aliphatic rings. The van der Waals surface area contributed by atoms with Crippen LogP contribution in [0.25, 0.3) is 0 Å². The summed E-state index contributed by atoms with van der Waals surface area (Å²) in [4.78, 5) is 14.6. The third-order valence-electron chi connectivity index (χ3n) is 4.83. The Morgan fingerprint density at radius 1 is 1.26 bits per heavy atom. The maximum Gasteiger partial charge on any atom is 0.254 e. The summed E-state index contributed by atoms with van der Waals surface area (Å²) in [5.41, 5.74) is 3.27. The van der Waals surface area contributed by atoms with Crippen molar-refractivity contribution in [2.75, 3.05) is 18.1 Å². The molecule has 1 fully saturated rings. The van der Waals surface area contributed by atoms with Gasteiger partial charge in [0.2, 0.25) is 0 Å². The van der Waals surface area contributed by atoms with Crippen LogP contribution >= 0.6 is 0 Å². The second kappa shape index (κ2) is 6.48. The molecule has 1 aliphatic carbocycles. The van der Waals surface area contributed by atoms with Gasteiger partial charge in [0.15, 0.2) is 9.84 Å². The molecule has 124 valence electrons. The Bertz CT molecular complexity index is 724. The lowest BCUT2D eigenvalue weighted by Crippen LogP contribution is -2.41. The first-order valence-corrected chi connectivity index (χ1v) is 10.1. The Balaban J connectivity index is 1.85. The summed E-state index contributed by atoms with van der Waals surface area (Å²) in [6.45, 7) is 4.10. The Kier molecular flexibility index (Phi) is 4.57. The number of fused-ring (bicyclic) bond motifs is 1. The molecule has 0 N–H and O–H groups in total. The number of carbonyl (C=O) groups is 1. The van der Waals surface area contributed by atoms with Gasteiger partial charge in [-0.2, -0.15) is 0 Å².